The van der Waals surface area contributed by atoms with Crippen LogP contribution < -0.4 is 19.6 Å². The molecule has 0 fully saturated rings. The monoisotopic (exact) mass is 358 g/mol. The van der Waals surface area contributed by atoms with Crippen molar-refractivity contribution in [2.45, 2.75) is 0 Å². The van der Waals surface area contributed by atoms with E-state index in [1.165, 1.54) is 0 Å². The molecule has 7 nitrogen and oxygen atoms in total. The summed E-state index contributed by atoms with van der Waals surface area (Å²) in [5, 5.41) is 0. The molecule has 0 heterocycles. The molecule has 0 rings (SSSR count). The van der Waals surface area contributed by atoms with Gasteiger partial charge in [0, 0.05) is 19.5 Å². The summed E-state index contributed by atoms with van der Waals surface area (Å²) in [5.41, 5.74) is 0. The summed E-state index contributed by atoms with van der Waals surface area (Å²) in [6.45, 7) is 0. The molecule has 0 aromatic heterocycles. The number of hydrogen-bond donors (Lipinski definition) is 0. The van der Waals surface area contributed by atoms with E-state index in [9.17, 15) is 28.7 Å². The molecule has 0 aliphatic carbocycles. The molecule has 0 atom stereocenters. The molecule has 0 unspecified atom stereocenters. The maximum absolute atomic E-state index is 9.32. The minimum absolute atomic E-state index is 0. The van der Waals surface area contributed by atoms with Crippen LogP contribution in [-0.2, 0) is 32.9 Å². The Kier molecular flexibility index (Phi) is 10.4. The Labute approximate surface area is 91.7 Å². The minimum Gasteiger partial charge on any atom is -0.790 e. The van der Waals surface area contributed by atoms with Gasteiger partial charge in [-0.05, 0) is 0 Å². The summed E-state index contributed by atoms with van der Waals surface area (Å²) in [7, 11) is -11.4. The zero-order chi connectivity index (χ0) is 7.71. The van der Waals surface area contributed by atoms with E-state index < -0.39 is 15.6 Å². The molecule has 58 valence electrons. The fraction of sp³-hybridized carbons (Fsp3) is 0. The first-order valence-electron chi connectivity index (χ1n) is 1.46. The number of phosphoric acid groups is 2. The van der Waals surface area contributed by atoms with Gasteiger partial charge in [-0.2, -0.15) is 0 Å². The summed E-state index contributed by atoms with van der Waals surface area (Å²) >= 11 is 0. The second-order valence-corrected chi connectivity index (χ2v) is 3.42. The van der Waals surface area contributed by atoms with Crippen LogP contribution in [0.15, 0.2) is 0 Å². The van der Waals surface area contributed by atoms with E-state index in [4.69, 9.17) is 0 Å². The second-order valence-electron chi connectivity index (χ2n) is 0.976. The standard InChI is InChI=1S/H4O7P2.Sn.Zn/c1-8(2,3)7-9(4,5)6;;/h(H2,1,2,3)(H2,4,5,6);;/q;+4;/p-4. The SMILES string of the molecule is O=P([O-])([O-])OP(=O)([O-])[O-].[Sn+4].[Zn]. The molecule has 0 bridgehead atoms. The molecule has 11 heteroatoms. The molecule has 0 aromatic carbocycles. The van der Waals surface area contributed by atoms with E-state index in [0.29, 0.717) is 0 Å². The fourth-order valence-corrected chi connectivity index (χ4v) is 1.10. The van der Waals surface area contributed by atoms with Crippen LogP contribution in [0.1, 0.15) is 0 Å². The third-order valence-corrected chi connectivity index (χ3v) is 1.80. The van der Waals surface area contributed by atoms with Gasteiger partial charge < -0.3 is 33.0 Å². The van der Waals surface area contributed by atoms with Gasteiger partial charge in [0.2, 0.25) is 0 Å². The van der Waals surface area contributed by atoms with Crippen molar-refractivity contribution in [1.29, 1.82) is 0 Å². The van der Waals surface area contributed by atoms with Crippen molar-refractivity contribution in [3.05, 3.63) is 0 Å². The van der Waals surface area contributed by atoms with Crippen molar-refractivity contribution in [3.8, 4) is 0 Å². The Morgan fingerprint density at radius 2 is 1.09 bits per heavy atom. The summed E-state index contributed by atoms with van der Waals surface area (Å²) in [5.74, 6) is 0. The summed E-state index contributed by atoms with van der Waals surface area (Å²) < 4.78 is 21.2. The molecule has 0 aliphatic rings. The molecule has 0 amide bonds. The maximum atomic E-state index is 9.32. The van der Waals surface area contributed by atoms with Crippen LogP contribution in [0, 0.1) is 0 Å². The largest absolute Gasteiger partial charge is 4.00 e. The van der Waals surface area contributed by atoms with Gasteiger partial charge in [0.05, 0.1) is 15.6 Å². The molecule has 0 saturated carbocycles. The smallest absolute Gasteiger partial charge is 0.790 e. The van der Waals surface area contributed by atoms with Crippen molar-refractivity contribution in [1.82, 2.24) is 0 Å². The fourth-order valence-electron chi connectivity index (χ4n) is 0.122. The maximum Gasteiger partial charge on any atom is 4.00 e. The van der Waals surface area contributed by atoms with Crippen LogP contribution in [0.25, 0.3) is 0 Å². The molecular formula is O7P2SnZn. The van der Waals surface area contributed by atoms with Gasteiger partial charge in [-0.25, -0.2) is 0 Å². The van der Waals surface area contributed by atoms with Crippen LogP contribution in [0.4, 0.5) is 0 Å². The first-order valence-corrected chi connectivity index (χ1v) is 4.38. The molecule has 11 heavy (non-hydrogen) atoms. The van der Waals surface area contributed by atoms with Gasteiger partial charge in [-0.3, -0.25) is 0 Å². The van der Waals surface area contributed by atoms with Crippen LogP contribution in [0.2, 0.25) is 0 Å². The summed E-state index contributed by atoms with van der Waals surface area (Å²) in [6.07, 6.45) is 0. The van der Waals surface area contributed by atoms with Gasteiger partial charge in [0.1, 0.15) is 0 Å². The Morgan fingerprint density at radius 1 is 0.909 bits per heavy atom. The molecular weight excluding hydrogens is 358 g/mol. The van der Waals surface area contributed by atoms with Crippen molar-refractivity contribution in [3.63, 3.8) is 0 Å². The third-order valence-electron chi connectivity index (χ3n) is 0.200. The third kappa shape index (κ3) is 18.6. The van der Waals surface area contributed by atoms with Crippen molar-refractivity contribution in [2.75, 3.05) is 0 Å². The van der Waals surface area contributed by atoms with Crippen molar-refractivity contribution in [2.24, 2.45) is 0 Å². The predicted molar refractivity (Wildman–Crippen MR) is 22.1 cm³/mol. The first kappa shape index (κ1) is 18.5. The Balaban J connectivity index is -0.000000320. The van der Waals surface area contributed by atoms with Gasteiger partial charge >= 0.3 is 23.9 Å². The zero-order valence-electron chi connectivity index (χ0n) is 4.96. The normalized spacial score (nSPS) is 11.3. The summed E-state index contributed by atoms with van der Waals surface area (Å²) in [6, 6.07) is 0. The van der Waals surface area contributed by atoms with E-state index in [2.05, 4.69) is 4.31 Å². The minimum atomic E-state index is -5.68. The van der Waals surface area contributed by atoms with Gasteiger partial charge in [0.15, 0.2) is 0 Å². The van der Waals surface area contributed by atoms with Crippen LogP contribution in [0.3, 0.4) is 0 Å². The Morgan fingerprint density at radius 3 is 1.09 bits per heavy atom. The van der Waals surface area contributed by atoms with Gasteiger partial charge in [-0.15, -0.1) is 0 Å². The average Bonchev–Trinajstić information content (AvgIpc) is 1.14. The quantitative estimate of drug-likeness (QED) is 0.366. The molecule has 0 N–H and O–H groups in total. The Hall–Kier alpha value is 1.68. The molecule has 0 spiro atoms. The van der Waals surface area contributed by atoms with E-state index in [1.54, 1.807) is 0 Å². The van der Waals surface area contributed by atoms with Crippen LogP contribution in [-0.4, -0.2) is 23.9 Å². The van der Waals surface area contributed by atoms with E-state index in [0.717, 1.165) is 0 Å². The second kappa shape index (κ2) is 6.18. The van der Waals surface area contributed by atoms with Crippen molar-refractivity contribution >= 4 is 39.6 Å². The predicted octanol–water partition coefficient (Wildman–Crippen LogP) is -3.72. The van der Waals surface area contributed by atoms with Gasteiger partial charge in [0.25, 0.3) is 0 Å². The topological polar surface area (TPSA) is 136 Å². The Bertz CT molecular complexity index is 157. The van der Waals surface area contributed by atoms with Gasteiger partial charge in [-0.1, -0.05) is 0 Å². The van der Waals surface area contributed by atoms with E-state index in [1.807, 2.05) is 0 Å². The van der Waals surface area contributed by atoms with E-state index >= 15 is 0 Å². The number of rotatable bonds is 2. The number of hydrogen-bond acceptors (Lipinski definition) is 7. The van der Waals surface area contributed by atoms with Crippen LogP contribution in [0.5, 0.6) is 0 Å². The van der Waals surface area contributed by atoms with Crippen LogP contribution >= 0.6 is 15.6 Å². The van der Waals surface area contributed by atoms with E-state index in [-0.39, 0.29) is 43.4 Å². The molecule has 0 radical (unpaired) electrons. The zero-order valence-corrected chi connectivity index (χ0v) is 12.6. The molecule has 0 aliphatic heterocycles. The average molecular weight is 358 g/mol. The molecule has 0 aromatic rings. The van der Waals surface area contributed by atoms with Crippen molar-refractivity contribution < 1.29 is 52.5 Å². The summed E-state index contributed by atoms with van der Waals surface area (Å²) in [4.78, 5) is 37.3. The first-order chi connectivity index (χ1) is 3.71. The molecule has 0 saturated heterocycles.